The van der Waals surface area contributed by atoms with Gasteiger partial charge < -0.3 is 9.80 Å². The van der Waals surface area contributed by atoms with Gasteiger partial charge in [0.1, 0.15) is 6.54 Å². The van der Waals surface area contributed by atoms with E-state index in [1.807, 2.05) is 17.3 Å². The molecule has 0 atom stereocenters. The highest BCUT2D eigenvalue weighted by Gasteiger charge is 2.24. The van der Waals surface area contributed by atoms with Crippen LogP contribution in [0.25, 0.3) is 0 Å². The van der Waals surface area contributed by atoms with Gasteiger partial charge >= 0.3 is 0 Å². The van der Waals surface area contributed by atoms with Crippen molar-refractivity contribution in [1.82, 2.24) is 9.88 Å². The van der Waals surface area contributed by atoms with Gasteiger partial charge in [0.05, 0.1) is 32.6 Å². The van der Waals surface area contributed by atoms with Gasteiger partial charge in [0.15, 0.2) is 0 Å². The van der Waals surface area contributed by atoms with Crippen molar-refractivity contribution in [2.75, 3.05) is 26.2 Å². The predicted octanol–water partition coefficient (Wildman–Crippen LogP) is 1.04. The summed E-state index contributed by atoms with van der Waals surface area (Å²) in [5.41, 5.74) is 5.43. The Hall–Kier alpha value is -2.20. The summed E-state index contributed by atoms with van der Waals surface area (Å²) in [5, 5.41) is 0. The molecule has 0 saturated carbocycles. The summed E-state index contributed by atoms with van der Waals surface area (Å²) in [6.07, 6.45) is 7.89. The average molecular weight is 336 g/mol. The molecule has 4 nitrogen and oxygen atoms in total. The van der Waals surface area contributed by atoms with E-state index >= 15 is 0 Å². The number of hydrogen-bond donors (Lipinski definition) is 1. The van der Waals surface area contributed by atoms with Crippen molar-refractivity contribution in [2.45, 2.75) is 32.2 Å². The maximum Gasteiger partial charge on any atom is 0.227 e. The fourth-order valence-corrected chi connectivity index (χ4v) is 4.06. The number of fused-ring (bicyclic) bond motifs is 1. The van der Waals surface area contributed by atoms with Gasteiger partial charge in [0, 0.05) is 18.0 Å². The van der Waals surface area contributed by atoms with Crippen LogP contribution >= 0.6 is 0 Å². The number of carbonyl (C=O) groups is 1. The number of rotatable bonds is 4. The van der Waals surface area contributed by atoms with Crippen molar-refractivity contribution in [3.05, 3.63) is 65.0 Å². The number of hydrogen-bond acceptors (Lipinski definition) is 2. The number of nitrogens with zero attached hydrogens (tertiary/aromatic N) is 2. The molecule has 4 rings (SSSR count). The maximum atomic E-state index is 12.6. The van der Waals surface area contributed by atoms with Crippen LogP contribution in [0.2, 0.25) is 0 Å². The van der Waals surface area contributed by atoms with Crippen LogP contribution in [0, 0.1) is 0 Å². The van der Waals surface area contributed by atoms with Gasteiger partial charge in [0.25, 0.3) is 0 Å². The fraction of sp³-hybridized carbons (Fsp3) is 0.429. The minimum Gasteiger partial charge on any atom is -0.331 e. The highest BCUT2D eigenvalue weighted by molar-refractivity contribution is 5.79. The molecular formula is C21H26N3O+. The van der Waals surface area contributed by atoms with Gasteiger partial charge in [-0.2, -0.15) is 0 Å². The Morgan fingerprint density at radius 3 is 2.56 bits per heavy atom. The van der Waals surface area contributed by atoms with Crippen LogP contribution < -0.4 is 4.90 Å². The monoisotopic (exact) mass is 336 g/mol. The molecule has 0 radical (unpaired) electrons. The highest BCUT2D eigenvalue weighted by Crippen LogP contribution is 2.23. The van der Waals surface area contributed by atoms with Crippen LogP contribution in [0.3, 0.4) is 0 Å². The third-order valence-electron chi connectivity index (χ3n) is 5.54. The quantitative estimate of drug-likeness (QED) is 0.906. The highest BCUT2D eigenvalue weighted by atomic mass is 16.2. The summed E-state index contributed by atoms with van der Waals surface area (Å²) in [4.78, 5) is 20.3. The van der Waals surface area contributed by atoms with E-state index in [1.165, 1.54) is 41.5 Å². The number of benzene rings is 1. The molecular weight excluding hydrogens is 310 g/mol. The Kier molecular flexibility index (Phi) is 4.79. The largest absolute Gasteiger partial charge is 0.331 e. The summed E-state index contributed by atoms with van der Waals surface area (Å²) in [7, 11) is 0. The molecule has 130 valence electrons. The number of nitrogens with one attached hydrogen (secondary N) is 1. The molecule has 0 bridgehead atoms. The molecule has 1 saturated heterocycles. The fourth-order valence-electron chi connectivity index (χ4n) is 4.06. The van der Waals surface area contributed by atoms with Crippen LogP contribution in [0.15, 0.2) is 42.7 Å². The third kappa shape index (κ3) is 3.90. The zero-order valence-corrected chi connectivity index (χ0v) is 14.7. The van der Waals surface area contributed by atoms with E-state index in [4.69, 9.17) is 0 Å². The second-order valence-corrected chi connectivity index (χ2v) is 7.30. The Morgan fingerprint density at radius 2 is 1.76 bits per heavy atom. The van der Waals surface area contributed by atoms with Gasteiger partial charge in [-0.25, -0.2) is 0 Å². The van der Waals surface area contributed by atoms with Crippen LogP contribution in [-0.4, -0.2) is 42.0 Å². The van der Waals surface area contributed by atoms with Crippen LogP contribution in [0.5, 0.6) is 0 Å². The van der Waals surface area contributed by atoms with E-state index in [-0.39, 0.29) is 5.91 Å². The smallest absolute Gasteiger partial charge is 0.227 e. The summed E-state index contributed by atoms with van der Waals surface area (Å²) in [6, 6.07) is 10.8. The number of quaternary nitrogens is 1. The molecule has 0 spiro atoms. The Labute approximate surface area is 149 Å². The second-order valence-electron chi connectivity index (χ2n) is 7.30. The van der Waals surface area contributed by atoms with Crippen LogP contribution in [-0.2, 0) is 30.6 Å². The summed E-state index contributed by atoms with van der Waals surface area (Å²) in [6.45, 7) is 4.81. The molecule has 1 aliphatic heterocycles. The van der Waals surface area contributed by atoms with Crippen LogP contribution in [0.4, 0.5) is 0 Å². The molecule has 1 fully saturated rings. The normalized spacial score (nSPS) is 17.5. The molecule has 2 heterocycles. The van der Waals surface area contributed by atoms with Gasteiger partial charge in [-0.1, -0.05) is 18.2 Å². The standard InChI is InChI=1S/C21H25N3O/c25-21(15-18-4-5-19-2-1-3-20(19)14-18)24-12-10-23(11-13-24)16-17-6-8-22-9-7-17/h4-9,14H,1-3,10-13,15-16H2/p+1. The summed E-state index contributed by atoms with van der Waals surface area (Å²) in [5.74, 6) is 0.279. The SMILES string of the molecule is O=C(Cc1ccc2c(c1)CCC2)N1CC[NH+](Cc2ccncc2)CC1. The Morgan fingerprint density at radius 1 is 1.00 bits per heavy atom. The zero-order chi connectivity index (χ0) is 17.1. The number of pyridine rings is 1. The van der Waals surface area contributed by atoms with Crippen molar-refractivity contribution < 1.29 is 9.69 Å². The molecule has 25 heavy (non-hydrogen) atoms. The molecule has 2 aliphatic rings. The number of piperazine rings is 1. The third-order valence-corrected chi connectivity index (χ3v) is 5.54. The number of carbonyl (C=O) groups excluding carboxylic acids is 1. The van der Waals surface area contributed by atoms with Crippen molar-refractivity contribution in [3.63, 3.8) is 0 Å². The molecule has 1 aromatic carbocycles. The number of aryl methyl sites for hydroxylation is 2. The molecule has 1 N–H and O–H groups in total. The molecule has 0 unspecified atom stereocenters. The first-order valence-corrected chi connectivity index (χ1v) is 9.39. The molecule has 4 heteroatoms. The summed E-state index contributed by atoms with van der Waals surface area (Å²) >= 11 is 0. The average Bonchev–Trinajstić information content (AvgIpc) is 3.11. The minimum absolute atomic E-state index is 0.279. The van der Waals surface area contributed by atoms with Crippen molar-refractivity contribution in [2.24, 2.45) is 0 Å². The second kappa shape index (κ2) is 7.36. The van der Waals surface area contributed by atoms with Gasteiger partial charge in [-0.05, 0) is 48.1 Å². The number of aromatic nitrogens is 1. The lowest BCUT2D eigenvalue weighted by atomic mass is 10.0. The Bertz CT molecular complexity index is 736. The van der Waals surface area contributed by atoms with Crippen LogP contribution in [0.1, 0.15) is 28.7 Å². The first-order chi connectivity index (χ1) is 12.3. The van der Waals surface area contributed by atoms with Gasteiger partial charge in [-0.3, -0.25) is 9.78 Å². The number of amides is 1. The van der Waals surface area contributed by atoms with Gasteiger partial charge in [-0.15, -0.1) is 0 Å². The predicted molar refractivity (Wildman–Crippen MR) is 97.4 cm³/mol. The van der Waals surface area contributed by atoms with E-state index in [0.29, 0.717) is 6.42 Å². The lowest BCUT2D eigenvalue weighted by Crippen LogP contribution is -3.13. The first kappa shape index (κ1) is 16.3. The summed E-state index contributed by atoms with van der Waals surface area (Å²) < 4.78 is 0. The lowest BCUT2D eigenvalue weighted by molar-refractivity contribution is -0.917. The molecule has 2 aromatic rings. The van der Waals surface area contributed by atoms with Crippen molar-refractivity contribution >= 4 is 5.91 Å². The maximum absolute atomic E-state index is 12.6. The topological polar surface area (TPSA) is 37.6 Å². The molecule has 1 amide bonds. The van der Waals surface area contributed by atoms with E-state index in [1.54, 1.807) is 4.90 Å². The molecule has 1 aliphatic carbocycles. The van der Waals surface area contributed by atoms with E-state index < -0.39 is 0 Å². The molecule has 1 aromatic heterocycles. The van der Waals surface area contributed by atoms with E-state index in [0.717, 1.165) is 32.7 Å². The van der Waals surface area contributed by atoms with E-state index in [2.05, 4.69) is 35.3 Å². The lowest BCUT2D eigenvalue weighted by Gasteiger charge is -2.32. The zero-order valence-electron chi connectivity index (χ0n) is 14.7. The first-order valence-electron chi connectivity index (χ1n) is 9.39. The Balaban J connectivity index is 1.29. The van der Waals surface area contributed by atoms with Crippen molar-refractivity contribution in [1.29, 1.82) is 0 Å². The minimum atomic E-state index is 0.279. The van der Waals surface area contributed by atoms with E-state index in [9.17, 15) is 4.79 Å². The van der Waals surface area contributed by atoms with Crippen molar-refractivity contribution in [3.8, 4) is 0 Å². The van der Waals surface area contributed by atoms with Gasteiger partial charge in [0.2, 0.25) is 5.91 Å².